The maximum atomic E-state index is 13.6. The quantitative estimate of drug-likeness (QED) is 0.814. The van der Waals surface area contributed by atoms with Gasteiger partial charge in [-0.25, -0.2) is 4.39 Å². The van der Waals surface area contributed by atoms with Gasteiger partial charge >= 0.3 is 0 Å². The van der Waals surface area contributed by atoms with Crippen LogP contribution in [0.25, 0.3) is 11.0 Å². The Bertz CT molecular complexity index is 529. The first-order chi connectivity index (χ1) is 9.17. The summed E-state index contributed by atoms with van der Waals surface area (Å²) in [6, 6.07) is 6.69. The molecular formula is C16H22FNO. The van der Waals surface area contributed by atoms with Gasteiger partial charge in [-0.2, -0.15) is 0 Å². The second kappa shape index (κ2) is 6.20. The molecule has 1 heterocycles. The SMILES string of the molecule is CCCC(CCC)C(N)c1cc2cccc(F)c2o1. The Kier molecular flexibility index (Phi) is 4.59. The van der Waals surface area contributed by atoms with Gasteiger partial charge in [-0.1, -0.05) is 38.8 Å². The number of fused-ring (bicyclic) bond motifs is 1. The van der Waals surface area contributed by atoms with Gasteiger partial charge in [0, 0.05) is 5.39 Å². The van der Waals surface area contributed by atoms with E-state index in [0.717, 1.165) is 31.1 Å². The van der Waals surface area contributed by atoms with E-state index in [-0.39, 0.29) is 11.9 Å². The standard InChI is InChI=1S/C16H22FNO/c1-3-6-11(7-4-2)15(18)14-10-12-8-5-9-13(17)16(12)19-14/h5,8-11,15H,3-4,6-7,18H2,1-2H3. The highest BCUT2D eigenvalue weighted by Gasteiger charge is 2.22. The average molecular weight is 263 g/mol. The molecule has 0 aliphatic carbocycles. The number of benzene rings is 1. The molecule has 0 spiro atoms. The van der Waals surface area contributed by atoms with Crippen LogP contribution in [0.5, 0.6) is 0 Å². The van der Waals surface area contributed by atoms with Gasteiger partial charge in [0.05, 0.1) is 6.04 Å². The molecule has 3 heteroatoms. The van der Waals surface area contributed by atoms with E-state index >= 15 is 0 Å². The summed E-state index contributed by atoms with van der Waals surface area (Å²) in [5.74, 6) is 0.782. The van der Waals surface area contributed by atoms with Crippen LogP contribution in [0.3, 0.4) is 0 Å². The Hall–Kier alpha value is -1.35. The lowest BCUT2D eigenvalue weighted by molar-refractivity contribution is 0.328. The molecule has 0 bridgehead atoms. The molecule has 1 unspecified atom stereocenters. The minimum Gasteiger partial charge on any atom is -0.456 e. The predicted molar refractivity (Wildman–Crippen MR) is 76.4 cm³/mol. The van der Waals surface area contributed by atoms with Crippen molar-refractivity contribution < 1.29 is 8.81 Å². The van der Waals surface area contributed by atoms with E-state index in [1.807, 2.05) is 12.1 Å². The molecule has 0 aliphatic heterocycles. The fourth-order valence-electron chi connectivity index (χ4n) is 2.69. The van der Waals surface area contributed by atoms with E-state index in [9.17, 15) is 4.39 Å². The first-order valence-corrected chi connectivity index (χ1v) is 7.10. The van der Waals surface area contributed by atoms with Crippen molar-refractivity contribution in [2.24, 2.45) is 11.7 Å². The van der Waals surface area contributed by atoms with Crippen LogP contribution < -0.4 is 5.73 Å². The maximum absolute atomic E-state index is 13.6. The van der Waals surface area contributed by atoms with Gasteiger partial charge in [0.15, 0.2) is 11.4 Å². The third-order valence-corrected chi connectivity index (χ3v) is 3.67. The molecule has 0 aliphatic rings. The van der Waals surface area contributed by atoms with Crippen LogP contribution in [0, 0.1) is 11.7 Å². The van der Waals surface area contributed by atoms with Gasteiger partial charge in [-0.15, -0.1) is 0 Å². The molecule has 2 aromatic rings. The van der Waals surface area contributed by atoms with Gasteiger partial charge in [-0.05, 0) is 30.9 Å². The molecule has 2 N–H and O–H groups in total. The number of hydrogen-bond acceptors (Lipinski definition) is 2. The Morgan fingerprint density at radius 2 is 1.89 bits per heavy atom. The van der Waals surface area contributed by atoms with Crippen LogP contribution in [0.4, 0.5) is 4.39 Å². The smallest absolute Gasteiger partial charge is 0.169 e. The Balaban J connectivity index is 2.29. The molecule has 2 rings (SSSR count). The predicted octanol–water partition coefficient (Wildman–Crippen LogP) is 4.79. The number of halogens is 1. The summed E-state index contributed by atoms with van der Waals surface area (Å²) in [5.41, 5.74) is 6.63. The summed E-state index contributed by atoms with van der Waals surface area (Å²) in [6.45, 7) is 4.32. The Morgan fingerprint density at radius 1 is 1.21 bits per heavy atom. The van der Waals surface area contributed by atoms with Gasteiger partial charge in [0.2, 0.25) is 0 Å². The maximum Gasteiger partial charge on any atom is 0.169 e. The second-order valence-corrected chi connectivity index (χ2v) is 5.17. The lowest BCUT2D eigenvalue weighted by atomic mass is 9.89. The first kappa shape index (κ1) is 14.1. The Morgan fingerprint density at radius 3 is 2.47 bits per heavy atom. The number of rotatable bonds is 6. The monoisotopic (exact) mass is 263 g/mol. The molecule has 1 atom stereocenters. The number of nitrogens with two attached hydrogens (primary N) is 1. The topological polar surface area (TPSA) is 39.2 Å². The van der Waals surface area contributed by atoms with E-state index in [1.165, 1.54) is 6.07 Å². The second-order valence-electron chi connectivity index (χ2n) is 5.17. The highest BCUT2D eigenvalue weighted by molar-refractivity contribution is 5.78. The number of hydrogen-bond donors (Lipinski definition) is 1. The largest absolute Gasteiger partial charge is 0.456 e. The lowest BCUT2D eigenvalue weighted by Gasteiger charge is -2.21. The molecule has 104 valence electrons. The molecule has 1 aromatic carbocycles. The van der Waals surface area contributed by atoms with Crippen molar-refractivity contribution in [2.45, 2.75) is 45.6 Å². The zero-order valence-corrected chi connectivity index (χ0v) is 11.7. The van der Waals surface area contributed by atoms with Crippen LogP contribution in [0.15, 0.2) is 28.7 Å². The highest BCUT2D eigenvalue weighted by Crippen LogP contribution is 2.32. The molecule has 0 amide bonds. The highest BCUT2D eigenvalue weighted by atomic mass is 19.1. The molecule has 0 saturated heterocycles. The lowest BCUT2D eigenvalue weighted by Crippen LogP contribution is -2.20. The van der Waals surface area contributed by atoms with Crippen LogP contribution in [-0.2, 0) is 0 Å². The molecule has 2 nitrogen and oxygen atoms in total. The summed E-state index contributed by atoms with van der Waals surface area (Å²) in [4.78, 5) is 0. The summed E-state index contributed by atoms with van der Waals surface area (Å²) in [6.07, 6.45) is 4.36. The average Bonchev–Trinajstić information content (AvgIpc) is 2.83. The third kappa shape index (κ3) is 2.98. The zero-order valence-electron chi connectivity index (χ0n) is 11.7. The van der Waals surface area contributed by atoms with Crippen molar-refractivity contribution in [1.29, 1.82) is 0 Å². The fourth-order valence-corrected chi connectivity index (χ4v) is 2.69. The van der Waals surface area contributed by atoms with Gasteiger partial charge in [0.1, 0.15) is 5.76 Å². The van der Waals surface area contributed by atoms with Crippen LogP contribution >= 0.6 is 0 Å². The summed E-state index contributed by atoms with van der Waals surface area (Å²) in [5, 5.41) is 0.789. The Labute approximate surface area is 113 Å². The van der Waals surface area contributed by atoms with E-state index < -0.39 is 0 Å². The minimum atomic E-state index is -0.321. The molecule has 19 heavy (non-hydrogen) atoms. The molecular weight excluding hydrogens is 241 g/mol. The minimum absolute atomic E-state index is 0.147. The summed E-state index contributed by atoms with van der Waals surface area (Å²) in [7, 11) is 0. The molecule has 0 fully saturated rings. The number of para-hydroxylation sites is 1. The normalized spacial score (nSPS) is 13.3. The van der Waals surface area contributed by atoms with E-state index in [0.29, 0.717) is 17.3 Å². The zero-order chi connectivity index (χ0) is 13.8. The van der Waals surface area contributed by atoms with Crippen molar-refractivity contribution in [2.75, 3.05) is 0 Å². The van der Waals surface area contributed by atoms with Gasteiger partial charge in [-0.3, -0.25) is 0 Å². The molecule has 0 saturated carbocycles. The van der Waals surface area contributed by atoms with Crippen LogP contribution in [0.2, 0.25) is 0 Å². The third-order valence-electron chi connectivity index (χ3n) is 3.67. The van der Waals surface area contributed by atoms with E-state index in [4.69, 9.17) is 10.2 Å². The van der Waals surface area contributed by atoms with E-state index in [1.54, 1.807) is 6.07 Å². The van der Waals surface area contributed by atoms with Gasteiger partial charge in [0.25, 0.3) is 0 Å². The van der Waals surface area contributed by atoms with Gasteiger partial charge < -0.3 is 10.2 Å². The van der Waals surface area contributed by atoms with Crippen LogP contribution in [-0.4, -0.2) is 0 Å². The first-order valence-electron chi connectivity index (χ1n) is 7.10. The summed E-state index contributed by atoms with van der Waals surface area (Å²) < 4.78 is 19.3. The van der Waals surface area contributed by atoms with Crippen molar-refractivity contribution in [3.63, 3.8) is 0 Å². The van der Waals surface area contributed by atoms with Crippen LogP contribution in [0.1, 0.15) is 51.3 Å². The fraction of sp³-hybridized carbons (Fsp3) is 0.500. The molecule has 1 aromatic heterocycles. The van der Waals surface area contributed by atoms with Crippen molar-refractivity contribution in [1.82, 2.24) is 0 Å². The van der Waals surface area contributed by atoms with Crippen molar-refractivity contribution in [3.05, 3.63) is 35.8 Å². The van der Waals surface area contributed by atoms with Crippen molar-refractivity contribution in [3.8, 4) is 0 Å². The van der Waals surface area contributed by atoms with E-state index in [2.05, 4.69) is 13.8 Å². The van der Waals surface area contributed by atoms with Crippen molar-refractivity contribution >= 4 is 11.0 Å². The number of furan rings is 1. The molecule has 0 radical (unpaired) electrons. The summed E-state index contributed by atoms with van der Waals surface area (Å²) >= 11 is 0.